The lowest BCUT2D eigenvalue weighted by Crippen LogP contribution is -2.12. The summed E-state index contributed by atoms with van der Waals surface area (Å²) >= 11 is 0. The molecule has 3 heteroatoms. The number of ether oxygens (including phenoxy) is 1. The molecule has 33 heavy (non-hydrogen) atoms. The van der Waals surface area contributed by atoms with E-state index in [2.05, 4.69) is 42.0 Å². The van der Waals surface area contributed by atoms with E-state index in [1.54, 1.807) is 0 Å². The van der Waals surface area contributed by atoms with Crippen molar-refractivity contribution in [1.29, 1.82) is 0 Å². The summed E-state index contributed by atoms with van der Waals surface area (Å²) in [6, 6.07) is 6.47. The highest BCUT2D eigenvalue weighted by Crippen LogP contribution is 2.33. The van der Waals surface area contributed by atoms with Crippen molar-refractivity contribution in [1.82, 2.24) is 9.97 Å². The molecule has 0 amide bonds. The fourth-order valence-corrected chi connectivity index (χ4v) is 4.87. The van der Waals surface area contributed by atoms with E-state index >= 15 is 0 Å². The van der Waals surface area contributed by atoms with Gasteiger partial charge in [0, 0.05) is 24.4 Å². The smallest absolute Gasteiger partial charge is 0.159 e. The second-order valence-electron chi connectivity index (χ2n) is 9.96. The van der Waals surface area contributed by atoms with Gasteiger partial charge in [-0.25, -0.2) is 9.97 Å². The van der Waals surface area contributed by atoms with Crippen LogP contribution >= 0.6 is 0 Å². The van der Waals surface area contributed by atoms with Gasteiger partial charge < -0.3 is 4.74 Å². The van der Waals surface area contributed by atoms with Crippen LogP contribution < -0.4 is 4.74 Å². The lowest BCUT2D eigenvalue weighted by atomic mass is 10.0. The van der Waals surface area contributed by atoms with E-state index in [0.29, 0.717) is 6.10 Å². The summed E-state index contributed by atoms with van der Waals surface area (Å²) in [6.07, 6.45) is 26.5. The molecule has 1 aliphatic rings. The normalized spacial score (nSPS) is 14.9. The largest absolute Gasteiger partial charge is 0.490 e. The molecule has 0 fully saturated rings. The van der Waals surface area contributed by atoms with Crippen LogP contribution in [-0.2, 0) is 12.8 Å². The number of nitrogens with zero attached hydrogens (tertiary/aromatic N) is 2. The minimum absolute atomic E-state index is 0.344. The van der Waals surface area contributed by atoms with Gasteiger partial charge >= 0.3 is 0 Å². The van der Waals surface area contributed by atoms with Gasteiger partial charge in [-0.05, 0) is 55.0 Å². The summed E-state index contributed by atoms with van der Waals surface area (Å²) < 4.78 is 6.20. The van der Waals surface area contributed by atoms with Crippen LogP contribution in [0.15, 0.2) is 30.6 Å². The Morgan fingerprint density at radius 1 is 0.758 bits per heavy atom. The first-order valence-electron chi connectivity index (χ1n) is 13.9. The molecule has 1 unspecified atom stereocenters. The molecule has 3 rings (SSSR count). The Balaban J connectivity index is 1.38. The third-order valence-electron chi connectivity index (χ3n) is 6.96. The summed E-state index contributed by atoms with van der Waals surface area (Å²) in [4.78, 5) is 9.35. The van der Waals surface area contributed by atoms with Crippen molar-refractivity contribution < 1.29 is 4.74 Å². The van der Waals surface area contributed by atoms with E-state index in [1.807, 2.05) is 12.4 Å². The second kappa shape index (κ2) is 15.1. The summed E-state index contributed by atoms with van der Waals surface area (Å²) in [5, 5.41) is 0. The molecule has 1 atom stereocenters. The van der Waals surface area contributed by atoms with Gasteiger partial charge in [-0.1, -0.05) is 90.9 Å². The van der Waals surface area contributed by atoms with E-state index in [9.17, 15) is 0 Å². The quantitative estimate of drug-likeness (QED) is 0.226. The van der Waals surface area contributed by atoms with Crippen LogP contribution in [0.5, 0.6) is 5.75 Å². The van der Waals surface area contributed by atoms with Gasteiger partial charge in [0.05, 0.1) is 0 Å². The number of aryl methyl sites for hydroxylation is 1. The van der Waals surface area contributed by atoms with E-state index in [4.69, 9.17) is 4.74 Å². The monoisotopic (exact) mass is 450 g/mol. The fourth-order valence-electron chi connectivity index (χ4n) is 4.87. The van der Waals surface area contributed by atoms with Crippen molar-refractivity contribution >= 4 is 0 Å². The predicted molar refractivity (Wildman–Crippen MR) is 140 cm³/mol. The first kappa shape index (κ1) is 25.7. The SMILES string of the molecule is CCCCCCCCCCc1cnc(-c2ccc3c(c2)CC(CCCCCCCC)O3)nc1. The molecule has 1 aliphatic heterocycles. The zero-order valence-electron chi connectivity index (χ0n) is 21.3. The van der Waals surface area contributed by atoms with Gasteiger partial charge in [0.1, 0.15) is 11.9 Å². The molecule has 0 aliphatic carbocycles. The summed E-state index contributed by atoms with van der Waals surface area (Å²) in [7, 11) is 0. The van der Waals surface area contributed by atoms with Crippen LogP contribution in [-0.4, -0.2) is 16.1 Å². The van der Waals surface area contributed by atoms with Crippen LogP contribution in [0.3, 0.4) is 0 Å². The van der Waals surface area contributed by atoms with Crippen LogP contribution in [0.2, 0.25) is 0 Å². The minimum Gasteiger partial charge on any atom is -0.490 e. The molecule has 0 bridgehead atoms. The average Bonchev–Trinajstić information content (AvgIpc) is 3.25. The first-order valence-corrected chi connectivity index (χ1v) is 13.9. The zero-order chi connectivity index (χ0) is 23.1. The van der Waals surface area contributed by atoms with Crippen molar-refractivity contribution in [3.8, 4) is 17.1 Å². The zero-order valence-corrected chi connectivity index (χ0v) is 21.3. The van der Waals surface area contributed by atoms with Gasteiger partial charge in [-0.2, -0.15) is 0 Å². The Hall–Kier alpha value is -1.90. The summed E-state index contributed by atoms with van der Waals surface area (Å²) in [5.74, 6) is 1.89. The van der Waals surface area contributed by atoms with Gasteiger partial charge in [0.2, 0.25) is 0 Å². The molecule has 0 saturated heterocycles. The second-order valence-corrected chi connectivity index (χ2v) is 9.96. The molecular weight excluding hydrogens is 404 g/mol. The van der Waals surface area contributed by atoms with Crippen molar-refractivity contribution in [2.45, 2.75) is 129 Å². The van der Waals surface area contributed by atoms with Crippen molar-refractivity contribution in [3.05, 3.63) is 41.7 Å². The Labute approximate surface area is 202 Å². The minimum atomic E-state index is 0.344. The number of benzene rings is 1. The van der Waals surface area contributed by atoms with Crippen LogP contribution in [0.4, 0.5) is 0 Å². The molecule has 3 nitrogen and oxygen atoms in total. The molecule has 0 radical (unpaired) electrons. The lowest BCUT2D eigenvalue weighted by Gasteiger charge is -2.10. The van der Waals surface area contributed by atoms with Gasteiger partial charge in [0.15, 0.2) is 5.82 Å². The highest BCUT2D eigenvalue weighted by molar-refractivity contribution is 5.59. The predicted octanol–water partition coefficient (Wildman–Crippen LogP) is 8.88. The molecule has 1 aromatic carbocycles. The number of aromatic nitrogens is 2. The van der Waals surface area contributed by atoms with E-state index in [0.717, 1.165) is 30.0 Å². The Kier molecular flexibility index (Phi) is 11.8. The molecule has 2 heterocycles. The van der Waals surface area contributed by atoms with E-state index in [1.165, 1.54) is 107 Å². The third-order valence-corrected chi connectivity index (χ3v) is 6.96. The van der Waals surface area contributed by atoms with Crippen LogP contribution in [0, 0.1) is 0 Å². The van der Waals surface area contributed by atoms with Crippen molar-refractivity contribution in [3.63, 3.8) is 0 Å². The first-order chi connectivity index (χ1) is 16.3. The Morgan fingerprint density at radius 3 is 2.03 bits per heavy atom. The van der Waals surface area contributed by atoms with Gasteiger partial charge in [-0.3, -0.25) is 0 Å². The Bertz CT molecular complexity index is 786. The molecule has 0 N–H and O–H groups in total. The van der Waals surface area contributed by atoms with Crippen molar-refractivity contribution in [2.75, 3.05) is 0 Å². The number of hydrogen-bond acceptors (Lipinski definition) is 3. The van der Waals surface area contributed by atoms with E-state index in [-0.39, 0.29) is 0 Å². The highest BCUT2D eigenvalue weighted by Gasteiger charge is 2.23. The average molecular weight is 451 g/mol. The molecule has 2 aromatic rings. The highest BCUT2D eigenvalue weighted by atomic mass is 16.5. The van der Waals surface area contributed by atoms with Gasteiger partial charge in [-0.15, -0.1) is 0 Å². The molecule has 182 valence electrons. The maximum Gasteiger partial charge on any atom is 0.159 e. The number of fused-ring (bicyclic) bond motifs is 1. The maximum absolute atomic E-state index is 6.20. The number of hydrogen-bond donors (Lipinski definition) is 0. The number of rotatable bonds is 17. The summed E-state index contributed by atoms with van der Waals surface area (Å²) in [5.41, 5.74) is 3.68. The number of unbranched alkanes of at least 4 members (excludes halogenated alkanes) is 12. The molecule has 0 saturated carbocycles. The standard InChI is InChI=1S/C30H46N2O/c1-3-5-7-9-11-12-13-15-17-25-23-31-30(32-24-25)26-19-20-29-27(21-26)22-28(33-29)18-16-14-10-8-6-4-2/h19-21,23-24,28H,3-18,22H2,1-2H3. The topological polar surface area (TPSA) is 35.0 Å². The molecule has 0 spiro atoms. The molecule has 1 aromatic heterocycles. The molecular formula is C30H46N2O. The Morgan fingerprint density at radius 2 is 1.36 bits per heavy atom. The lowest BCUT2D eigenvalue weighted by molar-refractivity contribution is 0.216. The fraction of sp³-hybridized carbons (Fsp3) is 0.667. The van der Waals surface area contributed by atoms with Crippen molar-refractivity contribution in [2.24, 2.45) is 0 Å². The van der Waals surface area contributed by atoms with Gasteiger partial charge in [0.25, 0.3) is 0 Å². The summed E-state index contributed by atoms with van der Waals surface area (Å²) in [6.45, 7) is 4.55. The maximum atomic E-state index is 6.20. The third kappa shape index (κ3) is 9.10. The van der Waals surface area contributed by atoms with Crippen LogP contribution in [0.25, 0.3) is 11.4 Å². The van der Waals surface area contributed by atoms with Crippen LogP contribution in [0.1, 0.15) is 121 Å². The van der Waals surface area contributed by atoms with E-state index < -0.39 is 0 Å².